The van der Waals surface area contributed by atoms with E-state index in [4.69, 9.17) is 11.5 Å². The molecule has 0 saturated carbocycles. The molecule has 0 heterocycles. The lowest BCUT2D eigenvalue weighted by molar-refractivity contribution is -0.121. The van der Waals surface area contributed by atoms with Crippen molar-refractivity contribution in [2.75, 3.05) is 6.61 Å². The number of rotatable bonds is 4. The van der Waals surface area contributed by atoms with Crippen LogP contribution in [0.3, 0.4) is 0 Å². The molecule has 0 fully saturated rings. The van der Waals surface area contributed by atoms with Crippen molar-refractivity contribution in [3.05, 3.63) is 0 Å². The molecule has 2 N–H and O–H groups in total. The number of aliphatic hydroxyl groups is 1. The molecule has 1 atom stereocenters. The second-order valence-corrected chi connectivity index (χ2v) is 2.24. The van der Waals surface area contributed by atoms with Crippen LogP contribution < -0.4 is 5.32 Å². The van der Waals surface area contributed by atoms with E-state index in [0.717, 1.165) is 0 Å². The van der Waals surface area contributed by atoms with Gasteiger partial charge in [0.15, 0.2) is 0 Å². The predicted molar refractivity (Wildman–Crippen MR) is 42.8 cm³/mol. The van der Waals surface area contributed by atoms with Crippen LogP contribution in [0.2, 0.25) is 0 Å². The smallest absolute Gasteiger partial charge is 0.232 e. The Balaban J connectivity index is 3.64. The highest BCUT2D eigenvalue weighted by molar-refractivity contribution is 5.78. The summed E-state index contributed by atoms with van der Waals surface area (Å²) in [4.78, 5) is 10.8. The Morgan fingerprint density at radius 2 is 2.45 bits per heavy atom. The fourth-order valence-electron chi connectivity index (χ4n) is 0.648. The quantitative estimate of drug-likeness (QED) is 0.557. The van der Waals surface area contributed by atoms with Gasteiger partial charge in [0.25, 0.3) is 0 Å². The number of hydrogen-bond donors (Lipinski definition) is 2. The predicted octanol–water partition coefficient (Wildman–Crippen LogP) is -0.103. The molecule has 0 bridgehead atoms. The molecule has 0 aliphatic heterocycles. The van der Waals surface area contributed by atoms with E-state index in [1.54, 1.807) is 0 Å². The van der Waals surface area contributed by atoms with Crippen LogP contribution in [0.25, 0.3) is 0 Å². The normalized spacial score (nSPS) is 11.7. The van der Waals surface area contributed by atoms with Gasteiger partial charge in [0.1, 0.15) is 0 Å². The third kappa shape index (κ3) is 4.40. The molecule has 0 radical (unpaired) electrons. The summed E-state index contributed by atoms with van der Waals surface area (Å²) in [5, 5.41) is 11.3. The molecule has 0 aromatic heterocycles. The Hall–Kier alpha value is -1.01. The molecule has 62 valence electrons. The molecule has 0 aliphatic carbocycles. The zero-order valence-corrected chi connectivity index (χ0v) is 6.63. The molecule has 0 aromatic carbocycles. The maximum atomic E-state index is 10.8. The summed E-state index contributed by atoms with van der Waals surface area (Å²) in [6, 6.07) is -0.157. The number of carbonyl (C=O) groups excluding carboxylic acids is 1. The first-order valence-corrected chi connectivity index (χ1v) is 3.58. The summed E-state index contributed by atoms with van der Waals surface area (Å²) in [5.74, 6) is 2.03. The highest BCUT2D eigenvalue weighted by Gasteiger charge is 2.06. The largest absolute Gasteiger partial charge is 0.394 e. The molecule has 0 unspecified atom stereocenters. The van der Waals surface area contributed by atoms with Crippen molar-refractivity contribution >= 4 is 5.91 Å². The lowest BCUT2D eigenvalue weighted by atomic mass is 10.2. The lowest BCUT2D eigenvalue weighted by Gasteiger charge is -2.12. The van der Waals surface area contributed by atoms with Crippen molar-refractivity contribution in [3.63, 3.8) is 0 Å². The Morgan fingerprint density at radius 3 is 2.82 bits per heavy atom. The number of carbonyl (C=O) groups is 1. The lowest BCUT2D eigenvalue weighted by Crippen LogP contribution is -2.36. The SMILES string of the molecule is C#CCC(=O)N[C@H](CC)CO. The Labute approximate surface area is 66.8 Å². The van der Waals surface area contributed by atoms with Gasteiger partial charge < -0.3 is 10.4 Å². The molecule has 0 aromatic rings. The van der Waals surface area contributed by atoms with E-state index < -0.39 is 0 Å². The van der Waals surface area contributed by atoms with Gasteiger partial charge in [-0.05, 0) is 6.42 Å². The van der Waals surface area contributed by atoms with Crippen molar-refractivity contribution in [2.24, 2.45) is 0 Å². The Kier molecular flexibility index (Phi) is 5.22. The van der Waals surface area contributed by atoms with Gasteiger partial charge in [-0.2, -0.15) is 0 Å². The minimum atomic E-state index is -0.201. The second-order valence-electron chi connectivity index (χ2n) is 2.24. The molecule has 3 nitrogen and oxygen atoms in total. The first-order chi connectivity index (χ1) is 5.24. The average Bonchev–Trinajstić information content (AvgIpc) is 2.01. The Bertz CT molecular complexity index is 156. The van der Waals surface area contributed by atoms with E-state index in [2.05, 4.69) is 11.2 Å². The first-order valence-electron chi connectivity index (χ1n) is 3.58. The van der Waals surface area contributed by atoms with E-state index >= 15 is 0 Å². The molecular formula is C8H13NO2. The standard InChI is InChI=1S/C8H13NO2/c1-3-5-8(11)9-7(4-2)6-10/h1,7,10H,4-6H2,2H3,(H,9,11)/t7-/m1/s1. The highest BCUT2D eigenvalue weighted by Crippen LogP contribution is 1.89. The monoisotopic (exact) mass is 155 g/mol. The van der Waals surface area contributed by atoms with Gasteiger partial charge in [-0.15, -0.1) is 6.42 Å². The van der Waals surface area contributed by atoms with Crippen LogP contribution in [0, 0.1) is 12.3 Å². The second kappa shape index (κ2) is 5.75. The van der Waals surface area contributed by atoms with E-state index in [9.17, 15) is 4.79 Å². The summed E-state index contributed by atoms with van der Waals surface area (Å²) >= 11 is 0. The fraction of sp³-hybridized carbons (Fsp3) is 0.625. The van der Waals surface area contributed by atoms with Gasteiger partial charge in [-0.25, -0.2) is 0 Å². The van der Waals surface area contributed by atoms with Gasteiger partial charge >= 0.3 is 0 Å². The van der Waals surface area contributed by atoms with Crippen LogP contribution >= 0.6 is 0 Å². The van der Waals surface area contributed by atoms with E-state index in [-0.39, 0.29) is 25.0 Å². The van der Waals surface area contributed by atoms with Crippen molar-refractivity contribution in [1.82, 2.24) is 5.32 Å². The van der Waals surface area contributed by atoms with E-state index in [0.29, 0.717) is 6.42 Å². The summed E-state index contributed by atoms with van der Waals surface area (Å²) in [6.45, 7) is 1.85. The third-order valence-electron chi connectivity index (χ3n) is 1.34. The van der Waals surface area contributed by atoms with Crippen molar-refractivity contribution in [3.8, 4) is 12.3 Å². The summed E-state index contributed by atoms with van der Waals surface area (Å²) in [6.07, 6.45) is 5.71. The molecule has 3 heteroatoms. The van der Waals surface area contributed by atoms with Gasteiger partial charge in [0, 0.05) is 0 Å². The van der Waals surface area contributed by atoms with E-state index in [1.807, 2.05) is 6.92 Å². The van der Waals surface area contributed by atoms with Gasteiger partial charge in [0.05, 0.1) is 19.1 Å². The molecule has 1 amide bonds. The van der Waals surface area contributed by atoms with Gasteiger partial charge in [-0.3, -0.25) is 4.79 Å². The van der Waals surface area contributed by atoms with Gasteiger partial charge in [0.2, 0.25) is 5.91 Å². The van der Waals surface area contributed by atoms with Crippen LogP contribution in [-0.4, -0.2) is 23.7 Å². The molecule has 11 heavy (non-hydrogen) atoms. The van der Waals surface area contributed by atoms with Crippen molar-refractivity contribution in [1.29, 1.82) is 0 Å². The topological polar surface area (TPSA) is 49.3 Å². The minimum absolute atomic E-state index is 0.0349. The van der Waals surface area contributed by atoms with Crippen molar-refractivity contribution in [2.45, 2.75) is 25.8 Å². The fourth-order valence-corrected chi connectivity index (χ4v) is 0.648. The highest BCUT2D eigenvalue weighted by atomic mass is 16.3. The molecule has 0 spiro atoms. The molecule has 0 rings (SSSR count). The average molecular weight is 155 g/mol. The van der Waals surface area contributed by atoms with Crippen LogP contribution in [-0.2, 0) is 4.79 Å². The molecule has 0 saturated heterocycles. The summed E-state index contributed by atoms with van der Waals surface area (Å²) in [5.41, 5.74) is 0. The van der Waals surface area contributed by atoms with Crippen LogP contribution in [0.15, 0.2) is 0 Å². The van der Waals surface area contributed by atoms with Crippen LogP contribution in [0.5, 0.6) is 0 Å². The third-order valence-corrected chi connectivity index (χ3v) is 1.34. The number of nitrogens with one attached hydrogen (secondary N) is 1. The number of terminal acetylenes is 1. The van der Waals surface area contributed by atoms with E-state index in [1.165, 1.54) is 0 Å². The maximum absolute atomic E-state index is 10.8. The minimum Gasteiger partial charge on any atom is -0.394 e. The molecule has 0 aliphatic rings. The van der Waals surface area contributed by atoms with Crippen LogP contribution in [0.1, 0.15) is 19.8 Å². The number of aliphatic hydroxyl groups excluding tert-OH is 1. The summed E-state index contributed by atoms with van der Waals surface area (Å²) in [7, 11) is 0. The first kappa shape index (κ1) is 9.99. The Morgan fingerprint density at radius 1 is 1.82 bits per heavy atom. The van der Waals surface area contributed by atoms with Crippen molar-refractivity contribution < 1.29 is 9.90 Å². The summed E-state index contributed by atoms with van der Waals surface area (Å²) < 4.78 is 0. The zero-order chi connectivity index (χ0) is 8.69. The van der Waals surface area contributed by atoms with Crippen LogP contribution in [0.4, 0.5) is 0 Å². The zero-order valence-electron chi connectivity index (χ0n) is 6.63. The maximum Gasteiger partial charge on any atom is 0.232 e. The molecular weight excluding hydrogens is 142 g/mol. The van der Waals surface area contributed by atoms with Gasteiger partial charge in [-0.1, -0.05) is 12.8 Å². The number of amides is 1. The number of hydrogen-bond acceptors (Lipinski definition) is 2.